The molecule has 1 amide bonds. The zero-order valence-corrected chi connectivity index (χ0v) is 16.3. The first-order chi connectivity index (χ1) is 13.1. The van der Waals surface area contributed by atoms with E-state index in [1.54, 1.807) is 18.2 Å². The van der Waals surface area contributed by atoms with Gasteiger partial charge in [0.2, 0.25) is 5.91 Å². The molecule has 1 N–H and O–H groups in total. The lowest BCUT2D eigenvalue weighted by molar-refractivity contribution is -0.113. The highest BCUT2D eigenvalue weighted by molar-refractivity contribution is 7.99. The molecular formula is C19H18ClN5OS. The van der Waals surface area contributed by atoms with Crippen LogP contribution in [0.3, 0.4) is 0 Å². The Bertz CT molecular complexity index is 955. The van der Waals surface area contributed by atoms with E-state index in [-0.39, 0.29) is 11.7 Å². The van der Waals surface area contributed by atoms with E-state index in [9.17, 15) is 4.79 Å². The molecule has 138 valence electrons. The molecule has 6 nitrogen and oxygen atoms in total. The minimum atomic E-state index is -0.180. The number of rotatable bonds is 7. The highest BCUT2D eigenvalue weighted by atomic mass is 35.5. The van der Waals surface area contributed by atoms with E-state index in [1.165, 1.54) is 18.0 Å². The number of nitrogens with one attached hydrogen (secondary N) is 1. The van der Waals surface area contributed by atoms with Crippen molar-refractivity contribution in [3.63, 3.8) is 0 Å². The molecule has 1 aromatic carbocycles. The summed E-state index contributed by atoms with van der Waals surface area (Å²) in [6, 6.07) is 11.4. The van der Waals surface area contributed by atoms with Crippen molar-refractivity contribution in [2.75, 3.05) is 11.1 Å². The van der Waals surface area contributed by atoms with Gasteiger partial charge < -0.3 is 5.32 Å². The van der Waals surface area contributed by atoms with E-state index in [4.69, 9.17) is 11.6 Å². The van der Waals surface area contributed by atoms with E-state index < -0.39 is 0 Å². The summed E-state index contributed by atoms with van der Waals surface area (Å²) in [6.45, 7) is 6.39. The summed E-state index contributed by atoms with van der Waals surface area (Å²) in [6.07, 6.45) is 3.27. The molecule has 0 atom stereocenters. The lowest BCUT2D eigenvalue weighted by Crippen LogP contribution is -2.15. The van der Waals surface area contributed by atoms with Gasteiger partial charge in [-0.05, 0) is 25.1 Å². The predicted octanol–water partition coefficient (Wildman–Crippen LogP) is 4.22. The molecule has 0 radical (unpaired) electrons. The van der Waals surface area contributed by atoms with Gasteiger partial charge in [-0.3, -0.25) is 9.36 Å². The second-order valence-corrected chi connectivity index (χ2v) is 7.15. The Morgan fingerprint density at radius 1 is 1.33 bits per heavy atom. The smallest absolute Gasteiger partial charge is 0.236 e. The maximum Gasteiger partial charge on any atom is 0.236 e. The van der Waals surface area contributed by atoms with Crippen LogP contribution in [-0.4, -0.2) is 31.4 Å². The zero-order chi connectivity index (χ0) is 19.2. The van der Waals surface area contributed by atoms with Crippen molar-refractivity contribution in [2.24, 2.45) is 0 Å². The summed E-state index contributed by atoms with van der Waals surface area (Å²) in [5.41, 5.74) is 2.12. The number of carbonyl (C=O) groups is 1. The topological polar surface area (TPSA) is 72.7 Å². The van der Waals surface area contributed by atoms with Crippen LogP contribution in [-0.2, 0) is 11.3 Å². The van der Waals surface area contributed by atoms with Crippen molar-refractivity contribution in [2.45, 2.75) is 18.6 Å². The lowest BCUT2D eigenvalue weighted by atomic mass is 10.1. The third-order valence-electron chi connectivity index (χ3n) is 3.63. The van der Waals surface area contributed by atoms with Gasteiger partial charge in [0.25, 0.3) is 0 Å². The second kappa shape index (κ2) is 8.83. The summed E-state index contributed by atoms with van der Waals surface area (Å²) in [5.74, 6) is 1.21. The maximum absolute atomic E-state index is 12.2. The molecule has 0 aliphatic rings. The molecule has 27 heavy (non-hydrogen) atoms. The molecule has 0 bridgehead atoms. The van der Waals surface area contributed by atoms with Crippen LogP contribution < -0.4 is 5.32 Å². The van der Waals surface area contributed by atoms with Crippen molar-refractivity contribution < 1.29 is 4.79 Å². The number of hydrogen-bond acceptors (Lipinski definition) is 5. The zero-order valence-electron chi connectivity index (χ0n) is 14.7. The normalized spacial score (nSPS) is 10.6. The molecule has 0 unspecified atom stereocenters. The fourth-order valence-electron chi connectivity index (χ4n) is 2.45. The summed E-state index contributed by atoms with van der Waals surface area (Å²) in [5, 5.41) is 12.5. The molecule has 8 heteroatoms. The first kappa shape index (κ1) is 19.1. The van der Waals surface area contributed by atoms with Gasteiger partial charge in [0.1, 0.15) is 5.82 Å². The average molecular weight is 400 g/mol. The van der Waals surface area contributed by atoms with Crippen LogP contribution in [0.4, 0.5) is 5.82 Å². The van der Waals surface area contributed by atoms with Crippen LogP contribution in [0.1, 0.15) is 5.56 Å². The van der Waals surface area contributed by atoms with Crippen molar-refractivity contribution >= 4 is 35.1 Å². The van der Waals surface area contributed by atoms with Gasteiger partial charge in [-0.15, -0.1) is 16.8 Å². The van der Waals surface area contributed by atoms with Gasteiger partial charge in [0, 0.05) is 18.3 Å². The van der Waals surface area contributed by atoms with E-state index in [0.717, 1.165) is 17.0 Å². The number of benzene rings is 1. The number of aromatic nitrogens is 4. The molecule has 3 rings (SSSR count). The monoisotopic (exact) mass is 399 g/mol. The highest BCUT2D eigenvalue weighted by Crippen LogP contribution is 2.25. The van der Waals surface area contributed by atoms with E-state index in [0.29, 0.717) is 22.5 Å². The first-order valence-corrected chi connectivity index (χ1v) is 9.58. The van der Waals surface area contributed by atoms with Gasteiger partial charge in [-0.2, -0.15) is 0 Å². The van der Waals surface area contributed by atoms with Crippen LogP contribution in [0.15, 0.2) is 60.4 Å². The molecule has 0 aliphatic carbocycles. The van der Waals surface area contributed by atoms with Gasteiger partial charge in [0.05, 0.1) is 10.8 Å². The van der Waals surface area contributed by atoms with Gasteiger partial charge in [0.15, 0.2) is 11.0 Å². The van der Waals surface area contributed by atoms with Crippen molar-refractivity contribution in [3.8, 4) is 11.4 Å². The number of thioether (sulfide) groups is 1. The SMILES string of the molecule is C=CCn1c(SCC(=O)Nc2ccc(Cl)cn2)nnc1-c1cccc(C)c1. The van der Waals surface area contributed by atoms with Gasteiger partial charge in [-0.1, -0.05) is 53.2 Å². The predicted molar refractivity (Wildman–Crippen MR) is 109 cm³/mol. The first-order valence-electron chi connectivity index (χ1n) is 8.22. The molecule has 0 fully saturated rings. The van der Waals surface area contributed by atoms with Crippen LogP contribution in [0.25, 0.3) is 11.4 Å². The molecule has 2 aromatic heterocycles. The molecule has 0 saturated carbocycles. The summed E-state index contributed by atoms with van der Waals surface area (Å²) in [7, 11) is 0. The molecule has 0 saturated heterocycles. The second-order valence-electron chi connectivity index (χ2n) is 5.77. The number of halogens is 1. The summed E-state index contributed by atoms with van der Waals surface area (Å²) < 4.78 is 1.94. The van der Waals surface area contributed by atoms with Crippen molar-refractivity contribution in [1.29, 1.82) is 0 Å². The van der Waals surface area contributed by atoms with E-state index in [2.05, 4.69) is 33.1 Å². The number of allylic oxidation sites excluding steroid dienone is 1. The van der Waals surface area contributed by atoms with Gasteiger partial charge in [-0.25, -0.2) is 4.98 Å². The minimum Gasteiger partial charge on any atom is -0.310 e. The fraction of sp³-hybridized carbons (Fsp3) is 0.158. The quantitative estimate of drug-likeness (QED) is 0.475. The molecule has 0 spiro atoms. The maximum atomic E-state index is 12.2. The number of hydrogen-bond donors (Lipinski definition) is 1. The highest BCUT2D eigenvalue weighted by Gasteiger charge is 2.15. The third kappa shape index (κ3) is 4.96. The number of aryl methyl sites for hydroxylation is 1. The fourth-order valence-corrected chi connectivity index (χ4v) is 3.31. The van der Waals surface area contributed by atoms with Crippen molar-refractivity contribution in [3.05, 3.63) is 65.8 Å². The number of anilines is 1. The summed E-state index contributed by atoms with van der Waals surface area (Å²) in [4.78, 5) is 16.2. The average Bonchev–Trinajstić information content (AvgIpc) is 3.05. The van der Waals surface area contributed by atoms with Crippen LogP contribution >= 0.6 is 23.4 Å². The number of amides is 1. The van der Waals surface area contributed by atoms with Crippen LogP contribution in [0.5, 0.6) is 0 Å². The minimum absolute atomic E-state index is 0.180. The van der Waals surface area contributed by atoms with Crippen LogP contribution in [0, 0.1) is 6.92 Å². The van der Waals surface area contributed by atoms with Crippen LogP contribution in [0.2, 0.25) is 5.02 Å². The lowest BCUT2D eigenvalue weighted by Gasteiger charge is -2.08. The Morgan fingerprint density at radius 2 is 2.19 bits per heavy atom. The van der Waals surface area contributed by atoms with E-state index in [1.807, 2.05) is 29.7 Å². The number of carbonyl (C=O) groups excluding carboxylic acids is 1. The Hall–Kier alpha value is -2.64. The van der Waals surface area contributed by atoms with E-state index >= 15 is 0 Å². The molecular weight excluding hydrogens is 382 g/mol. The third-order valence-corrected chi connectivity index (χ3v) is 4.82. The Balaban J connectivity index is 1.72. The standard InChI is InChI=1S/C19H18ClN5OS/c1-3-9-25-18(14-6-4-5-13(2)10-14)23-24-19(25)27-12-17(26)22-16-8-7-15(20)11-21-16/h3-8,10-11H,1,9,12H2,2H3,(H,21,22,26). The Kier molecular flexibility index (Phi) is 6.26. The molecule has 0 aliphatic heterocycles. The number of pyridine rings is 1. The Morgan fingerprint density at radius 3 is 2.89 bits per heavy atom. The molecule has 2 heterocycles. The van der Waals surface area contributed by atoms with Gasteiger partial charge >= 0.3 is 0 Å². The largest absolute Gasteiger partial charge is 0.310 e. The van der Waals surface area contributed by atoms with Crippen molar-refractivity contribution in [1.82, 2.24) is 19.7 Å². The Labute approximate surface area is 166 Å². The summed E-state index contributed by atoms with van der Waals surface area (Å²) >= 11 is 7.11. The molecule has 3 aromatic rings. The number of nitrogens with zero attached hydrogens (tertiary/aromatic N) is 4.